The molecule has 1 heterocycles. The zero-order chi connectivity index (χ0) is 19.6. The maximum absolute atomic E-state index is 13.9. The smallest absolute Gasteiger partial charge is 0.258 e. The van der Waals surface area contributed by atoms with Crippen LogP contribution in [0.25, 0.3) is 0 Å². The van der Waals surface area contributed by atoms with Crippen LogP contribution in [0.1, 0.15) is 31.8 Å². The van der Waals surface area contributed by atoms with Crippen molar-refractivity contribution in [1.29, 1.82) is 0 Å². The minimum atomic E-state index is -0.527. The van der Waals surface area contributed by atoms with Crippen molar-refractivity contribution in [3.8, 4) is 5.75 Å². The molecular formula is C21H23FN2O3. The summed E-state index contributed by atoms with van der Waals surface area (Å²) in [4.78, 5) is 28.8. The molecule has 142 valence electrons. The predicted octanol–water partition coefficient (Wildman–Crippen LogP) is 3.05. The van der Waals surface area contributed by atoms with Gasteiger partial charge in [0.1, 0.15) is 11.6 Å². The van der Waals surface area contributed by atoms with Crippen LogP contribution in [0.5, 0.6) is 5.75 Å². The number of amides is 2. The van der Waals surface area contributed by atoms with Gasteiger partial charge in [-0.2, -0.15) is 0 Å². The van der Waals surface area contributed by atoms with Gasteiger partial charge < -0.3 is 14.5 Å². The van der Waals surface area contributed by atoms with Gasteiger partial charge in [-0.25, -0.2) is 4.39 Å². The minimum Gasteiger partial charge on any atom is -0.496 e. The first-order chi connectivity index (χ1) is 12.9. The van der Waals surface area contributed by atoms with Gasteiger partial charge in [0.05, 0.1) is 18.2 Å². The Morgan fingerprint density at radius 3 is 2.15 bits per heavy atom. The molecular weight excluding hydrogens is 347 g/mol. The molecule has 2 amide bonds. The van der Waals surface area contributed by atoms with Crippen LogP contribution in [0.2, 0.25) is 0 Å². The normalized spacial score (nSPS) is 14.2. The Balaban J connectivity index is 1.72. The number of methoxy groups -OCH3 is 1. The van der Waals surface area contributed by atoms with E-state index in [1.807, 2.05) is 26.0 Å². The lowest BCUT2D eigenvalue weighted by molar-refractivity contribution is 0.0530. The van der Waals surface area contributed by atoms with Gasteiger partial charge in [-0.05, 0) is 43.2 Å². The van der Waals surface area contributed by atoms with Crippen LogP contribution < -0.4 is 4.74 Å². The fourth-order valence-electron chi connectivity index (χ4n) is 3.44. The van der Waals surface area contributed by atoms with Gasteiger partial charge in [-0.3, -0.25) is 9.59 Å². The number of benzene rings is 2. The molecule has 1 fully saturated rings. The van der Waals surface area contributed by atoms with E-state index in [0.29, 0.717) is 37.5 Å². The molecule has 0 N–H and O–H groups in total. The van der Waals surface area contributed by atoms with E-state index in [2.05, 4.69) is 0 Å². The van der Waals surface area contributed by atoms with E-state index < -0.39 is 5.82 Å². The van der Waals surface area contributed by atoms with Crippen LogP contribution >= 0.6 is 0 Å². The lowest BCUT2D eigenvalue weighted by Gasteiger charge is -2.35. The third-order valence-corrected chi connectivity index (χ3v) is 4.84. The molecule has 0 unspecified atom stereocenters. The summed E-state index contributed by atoms with van der Waals surface area (Å²) < 4.78 is 19.3. The molecule has 0 aliphatic carbocycles. The standard InChI is InChI=1S/C21H23FN2O3/c1-14-12-15(2)19(18(13-14)27-3)21(26)24-10-8-23(9-11-24)20(25)16-6-4-5-7-17(16)22/h4-7,12-13H,8-11H2,1-3H3. The number of carbonyl (C=O) groups excluding carboxylic acids is 2. The number of ether oxygens (including phenoxy) is 1. The van der Waals surface area contributed by atoms with Crippen LogP contribution in [-0.2, 0) is 0 Å². The van der Waals surface area contributed by atoms with E-state index in [0.717, 1.165) is 11.1 Å². The number of nitrogens with zero attached hydrogens (tertiary/aromatic N) is 2. The highest BCUT2D eigenvalue weighted by Crippen LogP contribution is 2.26. The Morgan fingerprint density at radius 2 is 1.56 bits per heavy atom. The Kier molecular flexibility index (Phi) is 5.44. The van der Waals surface area contributed by atoms with Gasteiger partial charge in [-0.1, -0.05) is 18.2 Å². The van der Waals surface area contributed by atoms with Gasteiger partial charge in [0.2, 0.25) is 0 Å². The minimum absolute atomic E-state index is 0.0633. The first kappa shape index (κ1) is 18.9. The van der Waals surface area contributed by atoms with E-state index in [-0.39, 0.29) is 17.4 Å². The number of hydrogen-bond acceptors (Lipinski definition) is 3. The maximum atomic E-state index is 13.9. The van der Waals surface area contributed by atoms with Crippen LogP contribution in [0.15, 0.2) is 36.4 Å². The Labute approximate surface area is 158 Å². The molecule has 1 aliphatic rings. The molecule has 1 aliphatic heterocycles. The molecule has 27 heavy (non-hydrogen) atoms. The third-order valence-electron chi connectivity index (χ3n) is 4.84. The number of aryl methyl sites for hydroxylation is 2. The average Bonchev–Trinajstić information content (AvgIpc) is 2.67. The Morgan fingerprint density at radius 1 is 0.963 bits per heavy atom. The van der Waals surface area contributed by atoms with Crippen molar-refractivity contribution in [1.82, 2.24) is 9.80 Å². The molecule has 2 aromatic carbocycles. The summed E-state index contributed by atoms with van der Waals surface area (Å²) in [6.45, 7) is 5.38. The number of rotatable bonds is 3. The van der Waals surface area contributed by atoms with Gasteiger partial charge in [-0.15, -0.1) is 0 Å². The topological polar surface area (TPSA) is 49.9 Å². The van der Waals surface area contributed by atoms with Crippen molar-refractivity contribution in [3.63, 3.8) is 0 Å². The number of piperazine rings is 1. The molecule has 0 saturated carbocycles. The van der Waals surface area contributed by atoms with Crippen molar-refractivity contribution in [2.75, 3.05) is 33.3 Å². The first-order valence-corrected chi connectivity index (χ1v) is 8.90. The molecule has 0 atom stereocenters. The SMILES string of the molecule is COc1cc(C)cc(C)c1C(=O)N1CCN(C(=O)c2ccccc2F)CC1. The Bertz CT molecular complexity index is 874. The molecule has 3 rings (SSSR count). The van der Waals surface area contributed by atoms with Gasteiger partial charge in [0.15, 0.2) is 0 Å². The molecule has 0 bridgehead atoms. The van der Waals surface area contributed by atoms with Gasteiger partial charge in [0.25, 0.3) is 11.8 Å². The van der Waals surface area contributed by atoms with Gasteiger partial charge >= 0.3 is 0 Å². The number of carbonyl (C=O) groups is 2. The zero-order valence-corrected chi connectivity index (χ0v) is 15.8. The summed E-state index contributed by atoms with van der Waals surface area (Å²) in [6.07, 6.45) is 0. The lowest BCUT2D eigenvalue weighted by atomic mass is 10.0. The average molecular weight is 370 g/mol. The monoisotopic (exact) mass is 370 g/mol. The van der Waals surface area contributed by atoms with Crippen molar-refractivity contribution >= 4 is 11.8 Å². The number of halogens is 1. The van der Waals surface area contributed by atoms with Crippen molar-refractivity contribution in [3.05, 3.63) is 64.5 Å². The lowest BCUT2D eigenvalue weighted by Crippen LogP contribution is -2.50. The van der Waals surface area contributed by atoms with E-state index in [9.17, 15) is 14.0 Å². The molecule has 6 heteroatoms. The highest BCUT2D eigenvalue weighted by atomic mass is 19.1. The summed E-state index contributed by atoms with van der Waals surface area (Å²) in [5.41, 5.74) is 2.51. The molecule has 0 spiro atoms. The quantitative estimate of drug-likeness (QED) is 0.834. The molecule has 0 radical (unpaired) electrons. The summed E-state index contributed by atoms with van der Waals surface area (Å²) in [5, 5.41) is 0. The Hall–Kier alpha value is -2.89. The van der Waals surface area contributed by atoms with Crippen LogP contribution in [0.3, 0.4) is 0 Å². The van der Waals surface area contributed by atoms with Crippen molar-refractivity contribution < 1.29 is 18.7 Å². The maximum Gasteiger partial charge on any atom is 0.258 e. The van der Waals surface area contributed by atoms with Crippen molar-refractivity contribution in [2.45, 2.75) is 13.8 Å². The second-order valence-corrected chi connectivity index (χ2v) is 6.72. The van der Waals surface area contributed by atoms with Crippen LogP contribution in [0.4, 0.5) is 4.39 Å². The molecule has 5 nitrogen and oxygen atoms in total. The highest BCUT2D eigenvalue weighted by Gasteiger charge is 2.28. The summed E-state index contributed by atoms with van der Waals surface area (Å²) in [7, 11) is 1.55. The van der Waals surface area contributed by atoms with Crippen molar-refractivity contribution in [2.24, 2.45) is 0 Å². The first-order valence-electron chi connectivity index (χ1n) is 8.90. The fraction of sp³-hybridized carbons (Fsp3) is 0.333. The summed E-state index contributed by atoms with van der Waals surface area (Å²) >= 11 is 0. The van der Waals surface area contributed by atoms with Crippen LogP contribution in [-0.4, -0.2) is 54.9 Å². The largest absolute Gasteiger partial charge is 0.496 e. The third kappa shape index (κ3) is 3.79. The van der Waals surface area contributed by atoms with E-state index in [1.54, 1.807) is 29.0 Å². The van der Waals surface area contributed by atoms with E-state index in [4.69, 9.17) is 4.74 Å². The second kappa shape index (κ2) is 7.78. The van der Waals surface area contributed by atoms with Gasteiger partial charge in [0, 0.05) is 26.2 Å². The zero-order valence-electron chi connectivity index (χ0n) is 15.8. The summed E-state index contributed by atoms with van der Waals surface area (Å²) in [5.74, 6) is -0.421. The van der Waals surface area contributed by atoms with E-state index in [1.165, 1.54) is 12.1 Å². The molecule has 2 aromatic rings. The summed E-state index contributed by atoms with van der Waals surface area (Å²) in [6, 6.07) is 9.75. The molecule has 0 aromatic heterocycles. The fourth-order valence-corrected chi connectivity index (χ4v) is 3.44. The van der Waals surface area contributed by atoms with E-state index >= 15 is 0 Å². The highest BCUT2D eigenvalue weighted by molar-refractivity contribution is 5.99. The van der Waals surface area contributed by atoms with Crippen LogP contribution in [0, 0.1) is 19.7 Å². The molecule has 1 saturated heterocycles. The predicted molar refractivity (Wildman–Crippen MR) is 101 cm³/mol. The second-order valence-electron chi connectivity index (χ2n) is 6.72. The number of hydrogen-bond donors (Lipinski definition) is 0.